The number of nitrogens with zero attached hydrogens (tertiary/aromatic N) is 2. The van der Waals surface area contributed by atoms with E-state index in [1.807, 2.05) is 25.1 Å². The van der Waals surface area contributed by atoms with Gasteiger partial charge in [0.05, 0.1) is 6.54 Å². The summed E-state index contributed by atoms with van der Waals surface area (Å²) in [4.78, 5) is 30.1. The summed E-state index contributed by atoms with van der Waals surface area (Å²) in [6, 6.07) is 5.27. The van der Waals surface area contributed by atoms with Gasteiger partial charge in [-0.3, -0.25) is 9.69 Å². The van der Waals surface area contributed by atoms with Crippen LogP contribution in [0.5, 0.6) is 11.5 Å². The zero-order valence-corrected chi connectivity index (χ0v) is 18.3. The molecule has 1 unspecified atom stereocenters. The normalized spacial score (nSPS) is 24.7. The van der Waals surface area contributed by atoms with Gasteiger partial charge in [0.2, 0.25) is 6.79 Å². The first-order valence-corrected chi connectivity index (χ1v) is 11.2. The fourth-order valence-corrected chi connectivity index (χ4v) is 4.91. The zero-order valence-electron chi connectivity index (χ0n) is 18.3. The highest BCUT2D eigenvalue weighted by Crippen LogP contribution is 2.38. The number of carbonyl (C=O) groups is 2. The van der Waals surface area contributed by atoms with Crippen molar-refractivity contribution in [1.29, 1.82) is 0 Å². The summed E-state index contributed by atoms with van der Waals surface area (Å²) < 4.78 is 10.8. The SMILES string of the molecule is CCC1(C2CCN(CCC(C)C)CC2)NC(=O)N(Cc2ccc3c(c2)OCO3)C1=O. The molecule has 0 aromatic heterocycles. The quantitative estimate of drug-likeness (QED) is 0.692. The predicted molar refractivity (Wildman–Crippen MR) is 113 cm³/mol. The third-order valence-electron chi connectivity index (χ3n) is 6.84. The van der Waals surface area contributed by atoms with Crippen LogP contribution in [0, 0.1) is 11.8 Å². The second-order valence-corrected chi connectivity index (χ2v) is 9.13. The first kappa shape index (κ1) is 21.0. The van der Waals surface area contributed by atoms with Crippen LogP contribution in [0.3, 0.4) is 0 Å². The molecule has 1 aromatic rings. The van der Waals surface area contributed by atoms with E-state index in [4.69, 9.17) is 9.47 Å². The first-order chi connectivity index (χ1) is 14.4. The molecule has 1 aromatic carbocycles. The van der Waals surface area contributed by atoms with Crippen molar-refractivity contribution < 1.29 is 19.1 Å². The van der Waals surface area contributed by atoms with Crippen LogP contribution in [0.1, 0.15) is 52.0 Å². The average Bonchev–Trinajstić information content (AvgIpc) is 3.30. The summed E-state index contributed by atoms with van der Waals surface area (Å²) in [5.41, 5.74) is 0.0792. The molecule has 0 bridgehead atoms. The van der Waals surface area contributed by atoms with E-state index in [2.05, 4.69) is 24.1 Å². The van der Waals surface area contributed by atoms with Crippen LogP contribution >= 0.6 is 0 Å². The lowest BCUT2D eigenvalue weighted by Gasteiger charge is -2.40. The minimum Gasteiger partial charge on any atom is -0.454 e. The van der Waals surface area contributed by atoms with E-state index in [-0.39, 0.29) is 31.2 Å². The van der Waals surface area contributed by atoms with Crippen LogP contribution in [-0.4, -0.2) is 53.7 Å². The molecule has 0 saturated carbocycles. The number of piperidine rings is 1. The summed E-state index contributed by atoms with van der Waals surface area (Å²) in [5.74, 6) is 2.15. The Kier molecular flexibility index (Phi) is 5.91. The highest BCUT2D eigenvalue weighted by atomic mass is 16.7. The Morgan fingerprint density at radius 3 is 2.60 bits per heavy atom. The number of benzene rings is 1. The number of imide groups is 1. The maximum absolute atomic E-state index is 13.5. The molecule has 0 spiro atoms. The molecule has 0 radical (unpaired) electrons. The number of hydrogen-bond acceptors (Lipinski definition) is 5. The van der Waals surface area contributed by atoms with E-state index in [0.29, 0.717) is 23.8 Å². The van der Waals surface area contributed by atoms with Crippen LogP contribution in [-0.2, 0) is 11.3 Å². The number of nitrogens with one attached hydrogen (secondary N) is 1. The molecular formula is C23H33N3O4. The number of carbonyl (C=O) groups excluding carboxylic acids is 2. The number of ether oxygens (including phenoxy) is 2. The molecule has 2 saturated heterocycles. The number of likely N-dealkylation sites (tertiary alicyclic amines) is 1. The van der Waals surface area contributed by atoms with Crippen molar-refractivity contribution >= 4 is 11.9 Å². The van der Waals surface area contributed by atoms with E-state index < -0.39 is 5.54 Å². The lowest BCUT2D eigenvalue weighted by Crippen LogP contribution is -2.55. The Morgan fingerprint density at radius 1 is 1.17 bits per heavy atom. The molecule has 30 heavy (non-hydrogen) atoms. The van der Waals surface area contributed by atoms with Crippen molar-refractivity contribution in [3.05, 3.63) is 23.8 Å². The van der Waals surface area contributed by atoms with Crippen molar-refractivity contribution in [3.63, 3.8) is 0 Å². The maximum atomic E-state index is 13.5. The van der Waals surface area contributed by atoms with Gasteiger partial charge in [-0.25, -0.2) is 4.79 Å². The third kappa shape index (κ3) is 3.87. The smallest absolute Gasteiger partial charge is 0.325 e. The van der Waals surface area contributed by atoms with Crippen molar-refractivity contribution in [2.75, 3.05) is 26.4 Å². The van der Waals surface area contributed by atoms with E-state index in [1.54, 1.807) is 0 Å². The molecule has 1 atom stereocenters. The van der Waals surface area contributed by atoms with Gasteiger partial charge >= 0.3 is 6.03 Å². The Balaban J connectivity index is 1.43. The van der Waals surface area contributed by atoms with Crippen LogP contribution in [0.15, 0.2) is 18.2 Å². The van der Waals surface area contributed by atoms with Crippen molar-refractivity contribution in [3.8, 4) is 11.5 Å². The molecule has 3 amide bonds. The van der Waals surface area contributed by atoms with Gasteiger partial charge in [-0.05, 0) is 74.8 Å². The summed E-state index contributed by atoms with van der Waals surface area (Å²) in [6.45, 7) is 10.1. The van der Waals surface area contributed by atoms with Gasteiger partial charge < -0.3 is 19.7 Å². The topological polar surface area (TPSA) is 71.1 Å². The Morgan fingerprint density at radius 2 is 1.90 bits per heavy atom. The molecule has 2 fully saturated rings. The van der Waals surface area contributed by atoms with Gasteiger partial charge in [0, 0.05) is 0 Å². The Labute approximate surface area is 178 Å². The minimum absolute atomic E-state index is 0.0895. The van der Waals surface area contributed by atoms with Gasteiger partial charge in [0.25, 0.3) is 5.91 Å². The van der Waals surface area contributed by atoms with E-state index in [0.717, 1.165) is 38.0 Å². The van der Waals surface area contributed by atoms with Crippen molar-refractivity contribution in [2.45, 2.75) is 58.5 Å². The lowest BCUT2D eigenvalue weighted by molar-refractivity contribution is -0.134. The maximum Gasteiger partial charge on any atom is 0.325 e. The summed E-state index contributed by atoms with van der Waals surface area (Å²) in [5, 5.41) is 3.09. The number of rotatable bonds is 7. The fourth-order valence-electron chi connectivity index (χ4n) is 4.91. The number of fused-ring (bicyclic) bond motifs is 1. The molecule has 4 rings (SSSR count). The van der Waals surface area contributed by atoms with Gasteiger partial charge in [0.1, 0.15) is 5.54 Å². The highest BCUT2D eigenvalue weighted by Gasteiger charge is 2.54. The highest BCUT2D eigenvalue weighted by molar-refractivity contribution is 6.07. The molecule has 7 heteroatoms. The number of hydrogen-bond donors (Lipinski definition) is 1. The number of amides is 3. The summed E-state index contributed by atoms with van der Waals surface area (Å²) in [7, 11) is 0. The van der Waals surface area contributed by atoms with Gasteiger partial charge in [-0.2, -0.15) is 0 Å². The van der Waals surface area contributed by atoms with E-state index in [9.17, 15) is 9.59 Å². The van der Waals surface area contributed by atoms with Crippen LogP contribution in [0.4, 0.5) is 4.79 Å². The van der Waals surface area contributed by atoms with Crippen molar-refractivity contribution in [1.82, 2.24) is 15.1 Å². The predicted octanol–water partition coefficient (Wildman–Crippen LogP) is 3.37. The summed E-state index contributed by atoms with van der Waals surface area (Å²) in [6.07, 6.45) is 3.69. The van der Waals surface area contributed by atoms with Crippen LogP contribution < -0.4 is 14.8 Å². The largest absolute Gasteiger partial charge is 0.454 e. The molecule has 0 aliphatic carbocycles. The Bertz CT molecular complexity index is 804. The fraction of sp³-hybridized carbons (Fsp3) is 0.652. The molecule has 7 nitrogen and oxygen atoms in total. The third-order valence-corrected chi connectivity index (χ3v) is 6.84. The average molecular weight is 416 g/mol. The molecular weight excluding hydrogens is 382 g/mol. The van der Waals surface area contributed by atoms with Crippen LogP contribution in [0.25, 0.3) is 0 Å². The van der Waals surface area contributed by atoms with Crippen LogP contribution in [0.2, 0.25) is 0 Å². The standard InChI is InChI=1S/C23H33N3O4/c1-4-23(18-8-11-25(12-9-18)10-7-16(2)3)21(27)26(22(28)24-23)14-17-5-6-19-20(13-17)30-15-29-19/h5-6,13,16,18H,4,7-12,14-15H2,1-3H3,(H,24,28). The van der Waals surface area contributed by atoms with Crippen molar-refractivity contribution in [2.24, 2.45) is 11.8 Å². The van der Waals surface area contributed by atoms with E-state index in [1.165, 1.54) is 11.3 Å². The van der Waals surface area contributed by atoms with E-state index >= 15 is 0 Å². The second kappa shape index (κ2) is 8.46. The Hall–Kier alpha value is -2.28. The molecule has 3 aliphatic rings. The second-order valence-electron chi connectivity index (χ2n) is 9.13. The molecule has 3 heterocycles. The van der Waals surface area contributed by atoms with Gasteiger partial charge in [0.15, 0.2) is 11.5 Å². The minimum atomic E-state index is -0.780. The first-order valence-electron chi connectivity index (χ1n) is 11.2. The number of urea groups is 1. The summed E-state index contributed by atoms with van der Waals surface area (Å²) >= 11 is 0. The lowest BCUT2D eigenvalue weighted by atomic mass is 9.75. The monoisotopic (exact) mass is 415 g/mol. The molecule has 164 valence electrons. The zero-order chi connectivity index (χ0) is 21.3. The van der Waals surface area contributed by atoms with Gasteiger partial charge in [-0.1, -0.05) is 26.8 Å². The molecule has 1 N–H and O–H groups in total. The molecule has 3 aliphatic heterocycles. The van der Waals surface area contributed by atoms with Gasteiger partial charge in [-0.15, -0.1) is 0 Å².